The second-order valence-electron chi connectivity index (χ2n) is 6.77. The standard InChI is InChI=1S/C23H14N4O/c28-23-25-21(15-8-2-1-3-9-15)24-22-26-18-12-6-4-10-16(18)14-20(26)17-11-5-7-13-19(17)27(22)23/h1-14H. The van der Waals surface area contributed by atoms with Gasteiger partial charge in [0.1, 0.15) is 0 Å². The lowest BCUT2D eigenvalue weighted by Gasteiger charge is -2.11. The molecule has 0 bridgehead atoms. The van der Waals surface area contributed by atoms with Crippen molar-refractivity contribution in [2.75, 3.05) is 0 Å². The quantitative estimate of drug-likeness (QED) is 0.410. The van der Waals surface area contributed by atoms with E-state index in [1.54, 1.807) is 4.40 Å². The van der Waals surface area contributed by atoms with Crippen LogP contribution in [0.25, 0.3) is 44.5 Å². The van der Waals surface area contributed by atoms with Crippen LogP contribution in [0.4, 0.5) is 0 Å². The Hall–Kier alpha value is -3.99. The van der Waals surface area contributed by atoms with E-state index in [0.29, 0.717) is 11.6 Å². The highest BCUT2D eigenvalue weighted by molar-refractivity contribution is 6.02. The van der Waals surface area contributed by atoms with Crippen molar-refractivity contribution in [3.63, 3.8) is 0 Å². The van der Waals surface area contributed by atoms with Gasteiger partial charge in [-0.1, -0.05) is 66.7 Å². The van der Waals surface area contributed by atoms with Gasteiger partial charge in [-0.3, -0.25) is 4.40 Å². The molecule has 0 saturated heterocycles. The second kappa shape index (κ2) is 5.50. The maximum Gasteiger partial charge on any atom is 0.357 e. The molecule has 3 aromatic heterocycles. The zero-order valence-electron chi connectivity index (χ0n) is 14.8. The first-order valence-electron chi connectivity index (χ1n) is 9.08. The highest BCUT2D eigenvalue weighted by atomic mass is 16.1. The van der Waals surface area contributed by atoms with Gasteiger partial charge in [-0.25, -0.2) is 9.20 Å². The lowest BCUT2D eigenvalue weighted by atomic mass is 10.2. The number of nitrogens with zero attached hydrogens (tertiary/aromatic N) is 4. The van der Waals surface area contributed by atoms with Crippen molar-refractivity contribution in [3.8, 4) is 11.4 Å². The van der Waals surface area contributed by atoms with Gasteiger partial charge in [0, 0.05) is 16.3 Å². The molecule has 0 N–H and O–H groups in total. The van der Waals surface area contributed by atoms with Crippen molar-refractivity contribution in [2.24, 2.45) is 0 Å². The molecule has 3 aromatic carbocycles. The van der Waals surface area contributed by atoms with Gasteiger partial charge in [0.25, 0.3) is 0 Å². The van der Waals surface area contributed by atoms with E-state index in [4.69, 9.17) is 4.98 Å². The number of benzene rings is 3. The largest absolute Gasteiger partial charge is 0.357 e. The van der Waals surface area contributed by atoms with Crippen LogP contribution in [0.1, 0.15) is 0 Å². The lowest BCUT2D eigenvalue weighted by molar-refractivity contribution is 0.940. The fourth-order valence-electron chi connectivity index (χ4n) is 3.93. The molecular weight excluding hydrogens is 348 g/mol. The molecule has 0 fully saturated rings. The molecule has 5 nitrogen and oxygen atoms in total. The minimum absolute atomic E-state index is 0.334. The molecule has 0 aliphatic heterocycles. The van der Waals surface area contributed by atoms with Crippen molar-refractivity contribution in [1.29, 1.82) is 0 Å². The van der Waals surface area contributed by atoms with Crippen LogP contribution in [0.3, 0.4) is 0 Å². The highest BCUT2D eigenvalue weighted by Gasteiger charge is 2.16. The smallest absolute Gasteiger partial charge is 0.279 e. The Morgan fingerprint density at radius 2 is 1.36 bits per heavy atom. The summed E-state index contributed by atoms with van der Waals surface area (Å²) in [6.07, 6.45) is 0. The lowest BCUT2D eigenvalue weighted by Crippen LogP contribution is -2.22. The summed E-state index contributed by atoms with van der Waals surface area (Å²) >= 11 is 0. The molecule has 0 aliphatic rings. The summed E-state index contributed by atoms with van der Waals surface area (Å²) in [7, 11) is 0. The van der Waals surface area contributed by atoms with Crippen LogP contribution in [-0.2, 0) is 0 Å². The van der Waals surface area contributed by atoms with Crippen LogP contribution < -0.4 is 5.69 Å². The van der Waals surface area contributed by atoms with Crippen LogP contribution in [-0.4, -0.2) is 18.8 Å². The van der Waals surface area contributed by atoms with Crippen LogP contribution in [0.5, 0.6) is 0 Å². The van der Waals surface area contributed by atoms with Gasteiger partial charge in [0.05, 0.1) is 16.6 Å². The van der Waals surface area contributed by atoms with E-state index >= 15 is 0 Å². The van der Waals surface area contributed by atoms with Crippen LogP contribution in [0.15, 0.2) is 89.7 Å². The maximum absolute atomic E-state index is 13.1. The molecule has 0 unspecified atom stereocenters. The third kappa shape index (κ3) is 1.98. The number of hydrogen-bond acceptors (Lipinski definition) is 3. The molecular formula is C23H14N4O. The van der Waals surface area contributed by atoms with Crippen LogP contribution >= 0.6 is 0 Å². The Balaban J connectivity index is 1.92. The first-order chi connectivity index (χ1) is 13.8. The van der Waals surface area contributed by atoms with Gasteiger partial charge in [0.15, 0.2) is 5.82 Å². The first-order valence-corrected chi connectivity index (χ1v) is 9.08. The fourth-order valence-corrected chi connectivity index (χ4v) is 3.93. The van der Waals surface area contributed by atoms with Gasteiger partial charge in [-0.05, 0) is 18.2 Å². The third-order valence-electron chi connectivity index (χ3n) is 5.16. The van der Waals surface area contributed by atoms with E-state index in [9.17, 15) is 4.79 Å². The molecule has 5 heteroatoms. The molecule has 0 radical (unpaired) electrons. The Bertz CT molecular complexity index is 1580. The Morgan fingerprint density at radius 3 is 2.21 bits per heavy atom. The van der Waals surface area contributed by atoms with Gasteiger partial charge in [-0.15, -0.1) is 0 Å². The van der Waals surface area contributed by atoms with E-state index in [1.807, 2.05) is 77.2 Å². The van der Waals surface area contributed by atoms with E-state index in [1.165, 1.54) is 0 Å². The summed E-state index contributed by atoms with van der Waals surface area (Å²) in [6.45, 7) is 0. The number of para-hydroxylation sites is 2. The van der Waals surface area contributed by atoms with E-state index in [0.717, 1.165) is 32.9 Å². The molecule has 0 aliphatic carbocycles. The van der Waals surface area contributed by atoms with Crippen molar-refractivity contribution in [1.82, 2.24) is 18.8 Å². The minimum atomic E-state index is -0.334. The number of rotatable bonds is 1. The van der Waals surface area contributed by atoms with E-state index in [-0.39, 0.29) is 5.69 Å². The zero-order chi connectivity index (χ0) is 18.7. The fraction of sp³-hybridized carbons (Fsp3) is 0. The normalized spacial score (nSPS) is 11.7. The van der Waals surface area contributed by atoms with Crippen LogP contribution in [0.2, 0.25) is 0 Å². The zero-order valence-corrected chi connectivity index (χ0v) is 14.8. The number of aromatic nitrogens is 4. The SMILES string of the molecule is O=c1nc(-c2ccccc2)nc2n1c1ccccc1c1cc3ccccc3n12. The summed E-state index contributed by atoms with van der Waals surface area (Å²) < 4.78 is 3.65. The monoisotopic (exact) mass is 362 g/mol. The van der Waals surface area contributed by atoms with Gasteiger partial charge in [0.2, 0.25) is 5.78 Å². The maximum atomic E-state index is 13.1. The molecule has 6 aromatic rings. The highest BCUT2D eigenvalue weighted by Crippen LogP contribution is 2.28. The topological polar surface area (TPSA) is 51.7 Å². The molecule has 0 saturated carbocycles. The average molecular weight is 362 g/mol. The molecule has 6 rings (SSSR count). The predicted octanol–water partition coefficient (Wildman–Crippen LogP) is 4.32. The summed E-state index contributed by atoms with van der Waals surface area (Å²) in [5.41, 5.74) is 3.32. The summed E-state index contributed by atoms with van der Waals surface area (Å²) in [4.78, 5) is 22.2. The van der Waals surface area contributed by atoms with Crippen molar-refractivity contribution in [2.45, 2.75) is 0 Å². The summed E-state index contributed by atoms with van der Waals surface area (Å²) in [6, 6.07) is 27.8. The first kappa shape index (κ1) is 15.1. The molecule has 0 spiro atoms. The molecule has 3 heterocycles. The second-order valence-corrected chi connectivity index (χ2v) is 6.77. The van der Waals surface area contributed by atoms with Crippen LogP contribution in [0, 0.1) is 0 Å². The average Bonchev–Trinajstić information content (AvgIpc) is 3.14. The van der Waals surface area contributed by atoms with Crippen molar-refractivity contribution >= 4 is 33.1 Å². The Labute approximate surface area is 159 Å². The minimum Gasteiger partial charge on any atom is -0.279 e. The molecule has 28 heavy (non-hydrogen) atoms. The number of fused-ring (bicyclic) bond motifs is 8. The predicted molar refractivity (Wildman–Crippen MR) is 111 cm³/mol. The number of hydrogen-bond donors (Lipinski definition) is 0. The summed E-state index contributed by atoms with van der Waals surface area (Å²) in [5.74, 6) is 0.994. The van der Waals surface area contributed by atoms with Gasteiger partial charge >= 0.3 is 5.69 Å². The molecule has 0 atom stereocenters. The van der Waals surface area contributed by atoms with E-state index < -0.39 is 0 Å². The van der Waals surface area contributed by atoms with Gasteiger partial charge in [-0.2, -0.15) is 9.97 Å². The third-order valence-corrected chi connectivity index (χ3v) is 5.16. The molecule has 0 amide bonds. The Morgan fingerprint density at radius 1 is 0.643 bits per heavy atom. The van der Waals surface area contributed by atoms with E-state index in [2.05, 4.69) is 17.1 Å². The van der Waals surface area contributed by atoms with Crippen molar-refractivity contribution in [3.05, 3.63) is 95.4 Å². The van der Waals surface area contributed by atoms with Gasteiger partial charge < -0.3 is 0 Å². The molecule has 132 valence electrons. The van der Waals surface area contributed by atoms with Crippen molar-refractivity contribution < 1.29 is 0 Å². The summed E-state index contributed by atoms with van der Waals surface area (Å²) in [5, 5.41) is 2.09. The Kier molecular flexibility index (Phi) is 2.97.